The number of aliphatic hydroxyl groups excluding tert-OH is 1. The van der Waals surface area contributed by atoms with Crippen LogP contribution in [-0.2, 0) is 19.1 Å². The topological polar surface area (TPSA) is 72.8 Å². The van der Waals surface area contributed by atoms with Crippen molar-refractivity contribution in [3.8, 4) is 12.3 Å². The van der Waals surface area contributed by atoms with Gasteiger partial charge in [0.15, 0.2) is 5.41 Å². The van der Waals surface area contributed by atoms with Gasteiger partial charge in [0, 0.05) is 6.42 Å². The number of carbonyl (C=O) groups excluding carboxylic acids is 2. The summed E-state index contributed by atoms with van der Waals surface area (Å²) < 4.78 is 9.43. The van der Waals surface area contributed by atoms with Crippen LogP contribution in [0.1, 0.15) is 39.5 Å². The predicted molar refractivity (Wildman–Crippen MR) is 79.2 cm³/mol. The van der Waals surface area contributed by atoms with Crippen molar-refractivity contribution >= 4 is 11.9 Å². The number of rotatable bonds is 8. The maximum atomic E-state index is 12.0. The van der Waals surface area contributed by atoms with Crippen LogP contribution in [0.5, 0.6) is 0 Å². The molecule has 0 aromatic heterocycles. The van der Waals surface area contributed by atoms with Crippen molar-refractivity contribution in [1.82, 2.24) is 0 Å². The zero-order valence-electron chi connectivity index (χ0n) is 13.1. The number of aliphatic hydroxyl groups is 1. The fraction of sp³-hybridized carbons (Fsp3) is 0.625. The minimum absolute atomic E-state index is 0.0907. The second-order valence-corrected chi connectivity index (χ2v) is 5.09. The van der Waals surface area contributed by atoms with E-state index < -0.39 is 23.5 Å². The van der Waals surface area contributed by atoms with E-state index in [1.165, 1.54) is 14.2 Å². The molecule has 21 heavy (non-hydrogen) atoms. The Kier molecular flexibility index (Phi) is 8.41. The Hall–Kier alpha value is -1.80. The van der Waals surface area contributed by atoms with Gasteiger partial charge in [0.2, 0.25) is 0 Å². The zero-order chi connectivity index (χ0) is 16.5. The number of ether oxygens (including phenoxy) is 2. The van der Waals surface area contributed by atoms with Crippen LogP contribution in [0.4, 0.5) is 0 Å². The molecule has 0 saturated carbocycles. The summed E-state index contributed by atoms with van der Waals surface area (Å²) >= 11 is 0. The molecule has 1 unspecified atom stereocenters. The van der Waals surface area contributed by atoms with Gasteiger partial charge in [0.05, 0.1) is 20.3 Å². The molecule has 0 amide bonds. The number of hydrogen-bond donors (Lipinski definition) is 1. The Morgan fingerprint density at radius 3 is 2.24 bits per heavy atom. The first kappa shape index (κ1) is 19.2. The summed E-state index contributed by atoms with van der Waals surface area (Å²) in [7, 11) is 2.42. The number of methoxy groups -OCH3 is 2. The van der Waals surface area contributed by atoms with Gasteiger partial charge in [-0.1, -0.05) is 11.6 Å². The maximum Gasteiger partial charge on any atom is 0.324 e. The Balaban J connectivity index is 5.23. The van der Waals surface area contributed by atoms with Crippen LogP contribution in [0.15, 0.2) is 11.6 Å². The molecule has 5 heteroatoms. The predicted octanol–water partition coefficient (Wildman–Crippen LogP) is 1.84. The molecule has 0 rings (SSSR count). The van der Waals surface area contributed by atoms with E-state index >= 15 is 0 Å². The van der Waals surface area contributed by atoms with Gasteiger partial charge >= 0.3 is 11.9 Å². The third kappa shape index (κ3) is 5.60. The molecule has 0 radical (unpaired) electrons. The fourth-order valence-corrected chi connectivity index (χ4v) is 1.92. The Bertz CT molecular complexity index is 412. The average molecular weight is 296 g/mol. The van der Waals surface area contributed by atoms with Crippen molar-refractivity contribution in [2.45, 2.75) is 45.6 Å². The molecule has 5 nitrogen and oxygen atoms in total. The van der Waals surface area contributed by atoms with Crippen molar-refractivity contribution in [2.75, 3.05) is 14.2 Å². The minimum atomic E-state index is -1.51. The summed E-state index contributed by atoms with van der Waals surface area (Å²) in [6.45, 7) is 3.58. The molecule has 0 saturated heterocycles. The largest absolute Gasteiger partial charge is 0.468 e. The molecule has 0 aliphatic rings. The number of hydrogen-bond acceptors (Lipinski definition) is 5. The first-order valence-corrected chi connectivity index (χ1v) is 6.78. The highest BCUT2D eigenvalue weighted by atomic mass is 16.5. The van der Waals surface area contributed by atoms with E-state index in [1.54, 1.807) is 13.0 Å². The highest BCUT2D eigenvalue weighted by molar-refractivity contribution is 6.00. The van der Waals surface area contributed by atoms with Gasteiger partial charge in [-0.3, -0.25) is 9.59 Å². The van der Waals surface area contributed by atoms with Crippen molar-refractivity contribution < 1.29 is 24.2 Å². The minimum Gasteiger partial charge on any atom is -0.468 e. The van der Waals surface area contributed by atoms with Crippen LogP contribution in [0, 0.1) is 17.8 Å². The molecule has 1 N–H and O–H groups in total. The molecule has 0 aromatic carbocycles. The van der Waals surface area contributed by atoms with Gasteiger partial charge in [-0.25, -0.2) is 0 Å². The number of esters is 2. The van der Waals surface area contributed by atoms with E-state index in [1.807, 2.05) is 6.92 Å². The Morgan fingerprint density at radius 2 is 1.86 bits per heavy atom. The number of allylic oxidation sites excluding steroid dienone is 2. The van der Waals surface area contributed by atoms with E-state index in [9.17, 15) is 14.7 Å². The molecule has 118 valence electrons. The summed E-state index contributed by atoms with van der Waals surface area (Å²) in [5, 5.41) is 9.26. The average Bonchev–Trinajstić information content (AvgIpc) is 2.47. The lowest BCUT2D eigenvalue weighted by Gasteiger charge is -2.25. The van der Waals surface area contributed by atoms with Crippen LogP contribution in [-0.4, -0.2) is 37.4 Å². The van der Waals surface area contributed by atoms with Crippen LogP contribution in [0.3, 0.4) is 0 Å². The van der Waals surface area contributed by atoms with Gasteiger partial charge < -0.3 is 14.6 Å². The summed E-state index contributed by atoms with van der Waals surface area (Å²) in [5.74, 6) is 0.938. The first-order chi connectivity index (χ1) is 9.83. The second kappa shape index (κ2) is 9.19. The molecule has 0 spiro atoms. The maximum absolute atomic E-state index is 12.0. The molecule has 0 aliphatic heterocycles. The number of carbonyl (C=O) groups is 2. The Morgan fingerprint density at radius 1 is 1.33 bits per heavy atom. The SMILES string of the molecule is C#CCC(C/C=C(\C)CCC(C)O)(C(=O)OC)C(=O)OC. The molecule has 1 atom stereocenters. The highest BCUT2D eigenvalue weighted by Gasteiger charge is 2.47. The molecule has 0 bridgehead atoms. The lowest BCUT2D eigenvalue weighted by atomic mass is 9.80. The van der Waals surface area contributed by atoms with Crippen LogP contribution < -0.4 is 0 Å². The van der Waals surface area contributed by atoms with E-state index in [-0.39, 0.29) is 12.8 Å². The van der Waals surface area contributed by atoms with E-state index in [0.29, 0.717) is 12.8 Å². The van der Waals surface area contributed by atoms with E-state index in [4.69, 9.17) is 15.9 Å². The highest BCUT2D eigenvalue weighted by Crippen LogP contribution is 2.31. The monoisotopic (exact) mass is 296 g/mol. The molecule has 0 aliphatic carbocycles. The quantitative estimate of drug-likeness (QED) is 0.320. The standard InChI is InChI=1S/C16H24O5/c1-6-10-16(14(18)20-4,15(19)21-5)11-9-12(2)7-8-13(3)17/h1,9,13,17H,7-8,10-11H2,2-5H3/b12-9+. The lowest BCUT2D eigenvalue weighted by Crippen LogP contribution is -2.40. The lowest BCUT2D eigenvalue weighted by molar-refractivity contribution is -0.168. The summed E-state index contributed by atoms with van der Waals surface area (Å²) in [6.07, 6.45) is 7.97. The van der Waals surface area contributed by atoms with Crippen molar-refractivity contribution in [3.63, 3.8) is 0 Å². The van der Waals surface area contributed by atoms with Gasteiger partial charge in [-0.2, -0.15) is 0 Å². The van der Waals surface area contributed by atoms with Crippen LogP contribution in [0.25, 0.3) is 0 Å². The van der Waals surface area contributed by atoms with Crippen LogP contribution in [0.2, 0.25) is 0 Å². The summed E-state index contributed by atoms with van der Waals surface area (Å²) in [4.78, 5) is 24.0. The first-order valence-electron chi connectivity index (χ1n) is 6.78. The third-order valence-electron chi connectivity index (χ3n) is 3.31. The van der Waals surface area contributed by atoms with Gasteiger partial charge in [-0.05, 0) is 33.1 Å². The van der Waals surface area contributed by atoms with Crippen molar-refractivity contribution in [3.05, 3.63) is 11.6 Å². The van der Waals surface area contributed by atoms with Gasteiger partial charge in [0.25, 0.3) is 0 Å². The molecular formula is C16H24O5. The van der Waals surface area contributed by atoms with Crippen LogP contribution >= 0.6 is 0 Å². The third-order valence-corrected chi connectivity index (χ3v) is 3.31. The van der Waals surface area contributed by atoms with Gasteiger partial charge in [0.1, 0.15) is 0 Å². The number of terminal acetylenes is 1. The van der Waals surface area contributed by atoms with E-state index in [0.717, 1.165) is 5.57 Å². The molecule has 0 heterocycles. The molecule has 0 aromatic rings. The summed E-state index contributed by atoms with van der Waals surface area (Å²) in [5.41, 5.74) is -0.547. The van der Waals surface area contributed by atoms with Crippen molar-refractivity contribution in [2.24, 2.45) is 5.41 Å². The normalized spacial score (nSPS) is 13.2. The molecule has 0 fully saturated rings. The van der Waals surface area contributed by atoms with Crippen molar-refractivity contribution in [1.29, 1.82) is 0 Å². The second-order valence-electron chi connectivity index (χ2n) is 5.09. The summed E-state index contributed by atoms with van der Waals surface area (Å²) in [6, 6.07) is 0. The van der Waals surface area contributed by atoms with Gasteiger partial charge in [-0.15, -0.1) is 12.3 Å². The van der Waals surface area contributed by atoms with E-state index in [2.05, 4.69) is 5.92 Å². The zero-order valence-corrected chi connectivity index (χ0v) is 13.1. The fourth-order valence-electron chi connectivity index (χ4n) is 1.92. The molecular weight excluding hydrogens is 272 g/mol. The Labute approximate surface area is 126 Å². The smallest absolute Gasteiger partial charge is 0.324 e.